The molecule has 0 bridgehead atoms. The molecule has 0 fully saturated rings. The van der Waals surface area contributed by atoms with Crippen LogP contribution in [0.1, 0.15) is 72.4 Å². The lowest BCUT2D eigenvalue weighted by Crippen LogP contribution is -2.55. The Hall–Kier alpha value is -3.32. The van der Waals surface area contributed by atoms with Crippen LogP contribution in [0.5, 0.6) is 0 Å². The van der Waals surface area contributed by atoms with E-state index < -0.39 is 10.8 Å². The molecule has 2 unspecified atom stereocenters. The summed E-state index contributed by atoms with van der Waals surface area (Å²) in [4.78, 5) is 55.2. The number of carbonyl (C=O) groups excluding carboxylic acids is 4. The number of fused-ring (bicyclic) bond motifs is 2. The van der Waals surface area contributed by atoms with E-state index in [-0.39, 0.29) is 36.7 Å². The van der Waals surface area contributed by atoms with E-state index in [2.05, 4.69) is 5.32 Å². The monoisotopic (exact) mass is 475 g/mol. The second-order valence-corrected chi connectivity index (χ2v) is 9.74. The van der Waals surface area contributed by atoms with Gasteiger partial charge in [-0.25, -0.2) is 0 Å². The summed E-state index contributed by atoms with van der Waals surface area (Å²) < 4.78 is 0. The van der Waals surface area contributed by atoms with Crippen LogP contribution in [-0.2, 0) is 20.4 Å². The standard InChI is InChI=1S/C28H33N3O4/c1-5-27(3)21-13-9-7-11-19(21)23(32)30(25(27)34)17-15-29-16-18-31-24(33)20-12-8-10-14-22(20)28(4,6-2)26(31)35/h7-14,29H,5-6,15-18H2,1-4H3. The second-order valence-electron chi connectivity index (χ2n) is 9.74. The van der Waals surface area contributed by atoms with Gasteiger partial charge in [0.05, 0.1) is 10.8 Å². The average Bonchev–Trinajstić information content (AvgIpc) is 2.89. The van der Waals surface area contributed by atoms with E-state index in [1.165, 1.54) is 9.80 Å². The average molecular weight is 476 g/mol. The topological polar surface area (TPSA) is 86.8 Å². The Balaban J connectivity index is 1.40. The maximum absolute atomic E-state index is 13.2. The molecule has 7 nitrogen and oxygen atoms in total. The molecule has 0 spiro atoms. The summed E-state index contributed by atoms with van der Waals surface area (Å²) in [5.41, 5.74) is 1.22. The first-order valence-corrected chi connectivity index (χ1v) is 12.3. The minimum atomic E-state index is -0.741. The Morgan fingerprint density at radius 1 is 0.657 bits per heavy atom. The molecule has 184 valence electrons. The zero-order valence-electron chi connectivity index (χ0n) is 20.9. The first-order chi connectivity index (χ1) is 16.7. The highest BCUT2D eigenvalue weighted by Crippen LogP contribution is 2.38. The van der Waals surface area contributed by atoms with Gasteiger partial charge in [-0.15, -0.1) is 0 Å². The van der Waals surface area contributed by atoms with Crippen LogP contribution in [0.25, 0.3) is 0 Å². The van der Waals surface area contributed by atoms with Crippen molar-refractivity contribution in [2.75, 3.05) is 26.2 Å². The number of carbonyl (C=O) groups is 4. The van der Waals surface area contributed by atoms with Gasteiger partial charge in [-0.1, -0.05) is 50.2 Å². The molecule has 4 rings (SSSR count). The van der Waals surface area contributed by atoms with Crippen molar-refractivity contribution >= 4 is 23.6 Å². The number of hydrogen-bond acceptors (Lipinski definition) is 5. The normalized spacial score (nSPS) is 24.0. The van der Waals surface area contributed by atoms with E-state index in [1.807, 2.05) is 64.1 Å². The highest BCUT2D eigenvalue weighted by molar-refractivity contribution is 6.13. The predicted molar refractivity (Wildman–Crippen MR) is 133 cm³/mol. The van der Waals surface area contributed by atoms with Crippen molar-refractivity contribution in [1.29, 1.82) is 0 Å². The van der Waals surface area contributed by atoms with Crippen LogP contribution in [0.15, 0.2) is 48.5 Å². The number of imide groups is 2. The largest absolute Gasteiger partial charge is 0.313 e. The first-order valence-electron chi connectivity index (χ1n) is 12.3. The lowest BCUT2D eigenvalue weighted by molar-refractivity contribution is -0.135. The van der Waals surface area contributed by atoms with E-state index in [4.69, 9.17) is 0 Å². The molecule has 0 saturated carbocycles. The van der Waals surface area contributed by atoms with E-state index >= 15 is 0 Å². The fourth-order valence-corrected chi connectivity index (χ4v) is 5.20. The van der Waals surface area contributed by atoms with Crippen LogP contribution in [-0.4, -0.2) is 59.6 Å². The van der Waals surface area contributed by atoms with Gasteiger partial charge < -0.3 is 5.32 Å². The summed E-state index contributed by atoms with van der Waals surface area (Å²) >= 11 is 0. The molecular formula is C28H33N3O4. The molecule has 2 atom stereocenters. The van der Waals surface area contributed by atoms with Crippen LogP contribution in [0.3, 0.4) is 0 Å². The summed E-state index contributed by atoms with van der Waals surface area (Å²) in [6.07, 6.45) is 1.19. The molecule has 0 radical (unpaired) electrons. The second kappa shape index (κ2) is 9.38. The van der Waals surface area contributed by atoms with E-state index in [1.54, 1.807) is 12.1 Å². The van der Waals surface area contributed by atoms with Crippen LogP contribution in [0.4, 0.5) is 0 Å². The molecule has 7 heteroatoms. The van der Waals surface area contributed by atoms with Crippen molar-refractivity contribution in [1.82, 2.24) is 15.1 Å². The fourth-order valence-electron chi connectivity index (χ4n) is 5.20. The molecule has 4 amide bonds. The number of amides is 4. The van der Waals surface area contributed by atoms with Gasteiger partial charge in [-0.2, -0.15) is 0 Å². The van der Waals surface area contributed by atoms with E-state index in [0.717, 1.165) is 11.1 Å². The number of rotatable bonds is 8. The fraction of sp³-hybridized carbons (Fsp3) is 0.429. The minimum absolute atomic E-state index is 0.192. The zero-order valence-corrected chi connectivity index (χ0v) is 20.9. The van der Waals surface area contributed by atoms with Crippen molar-refractivity contribution in [3.05, 3.63) is 70.8 Å². The Bertz CT molecular complexity index is 1100. The van der Waals surface area contributed by atoms with Crippen LogP contribution in [0, 0.1) is 0 Å². The quantitative estimate of drug-likeness (QED) is 0.468. The third kappa shape index (κ3) is 3.88. The van der Waals surface area contributed by atoms with E-state index in [9.17, 15) is 19.2 Å². The highest BCUT2D eigenvalue weighted by atomic mass is 16.2. The number of hydrogen-bond donors (Lipinski definition) is 1. The molecule has 0 aliphatic carbocycles. The molecular weight excluding hydrogens is 442 g/mol. The van der Waals surface area contributed by atoms with Crippen molar-refractivity contribution in [3.63, 3.8) is 0 Å². The van der Waals surface area contributed by atoms with Crippen molar-refractivity contribution in [2.24, 2.45) is 0 Å². The van der Waals surface area contributed by atoms with Gasteiger partial charge in [0.1, 0.15) is 0 Å². The Kier molecular flexibility index (Phi) is 6.64. The Labute approximate surface area is 206 Å². The van der Waals surface area contributed by atoms with Crippen molar-refractivity contribution < 1.29 is 19.2 Å². The molecule has 2 aliphatic heterocycles. The predicted octanol–water partition coefficient (Wildman–Crippen LogP) is 3.28. The van der Waals surface area contributed by atoms with Gasteiger partial charge in [0.2, 0.25) is 11.8 Å². The molecule has 0 saturated heterocycles. The third-order valence-corrected chi connectivity index (χ3v) is 7.87. The number of nitrogens with zero attached hydrogens (tertiary/aromatic N) is 2. The van der Waals surface area contributed by atoms with Gasteiger partial charge in [-0.3, -0.25) is 29.0 Å². The molecule has 2 aliphatic rings. The van der Waals surface area contributed by atoms with Crippen LogP contribution >= 0.6 is 0 Å². The van der Waals surface area contributed by atoms with Gasteiger partial charge in [0, 0.05) is 37.3 Å². The summed E-state index contributed by atoms with van der Waals surface area (Å²) in [7, 11) is 0. The molecule has 2 aromatic carbocycles. The minimum Gasteiger partial charge on any atom is -0.313 e. The number of benzene rings is 2. The van der Waals surface area contributed by atoms with Crippen molar-refractivity contribution in [3.8, 4) is 0 Å². The highest BCUT2D eigenvalue weighted by Gasteiger charge is 2.47. The Morgan fingerprint density at radius 2 is 1.03 bits per heavy atom. The summed E-state index contributed by atoms with van der Waals surface area (Å²) in [6, 6.07) is 14.6. The van der Waals surface area contributed by atoms with Crippen molar-refractivity contribution in [2.45, 2.75) is 51.4 Å². The SMILES string of the molecule is CCC1(C)C(=O)N(CCNCCN2C(=O)c3ccccc3C(C)(CC)C2=O)C(=O)c2ccccc21. The Morgan fingerprint density at radius 3 is 1.40 bits per heavy atom. The van der Waals surface area contributed by atoms with Gasteiger partial charge in [0.25, 0.3) is 11.8 Å². The number of nitrogens with one attached hydrogen (secondary N) is 1. The zero-order chi connectivity index (χ0) is 25.4. The summed E-state index contributed by atoms with van der Waals surface area (Å²) in [5.74, 6) is -0.950. The van der Waals surface area contributed by atoms with E-state index in [0.29, 0.717) is 37.1 Å². The van der Waals surface area contributed by atoms with Crippen LogP contribution < -0.4 is 5.32 Å². The maximum Gasteiger partial charge on any atom is 0.260 e. The summed E-state index contributed by atoms with van der Waals surface area (Å²) in [6.45, 7) is 8.87. The molecule has 0 aromatic heterocycles. The van der Waals surface area contributed by atoms with Gasteiger partial charge in [-0.05, 0) is 49.9 Å². The first kappa shape index (κ1) is 24.8. The third-order valence-electron chi connectivity index (χ3n) is 7.87. The molecule has 35 heavy (non-hydrogen) atoms. The van der Waals surface area contributed by atoms with Gasteiger partial charge in [0.15, 0.2) is 0 Å². The summed E-state index contributed by atoms with van der Waals surface area (Å²) in [5, 5.41) is 3.21. The lowest BCUT2D eigenvalue weighted by atomic mass is 9.74. The lowest BCUT2D eigenvalue weighted by Gasteiger charge is -2.39. The molecule has 2 aromatic rings. The smallest absolute Gasteiger partial charge is 0.260 e. The molecule has 2 heterocycles. The van der Waals surface area contributed by atoms with Crippen LogP contribution in [0.2, 0.25) is 0 Å². The van der Waals surface area contributed by atoms with Gasteiger partial charge >= 0.3 is 0 Å². The molecule has 1 N–H and O–H groups in total. The maximum atomic E-state index is 13.2.